The summed E-state index contributed by atoms with van der Waals surface area (Å²) in [6, 6.07) is 1.79. The molecule has 2 heterocycles. The van der Waals surface area contributed by atoms with Crippen molar-refractivity contribution in [2.75, 3.05) is 23.0 Å². The topological polar surface area (TPSA) is 92.3 Å². The largest absolute Gasteiger partial charge is 0.348 e. The van der Waals surface area contributed by atoms with Gasteiger partial charge in [0.25, 0.3) is 5.91 Å². The highest BCUT2D eigenvalue weighted by Gasteiger charge is 2.33. The number of amides is 1. The zero-order chi connectivity index (χ0) is 18.7. The van der Waals surface area contributed by atoms with Crippen molar-refractivity contribution in [3.63, 3.8) is 0 Å². The van der Waals surface area contributed by atoms with E-state index in [0.29, 0.717) is 30.3 Å². The van der Waals surface area contributed by atoms with Gasteiger partial charge in [0.2, 0.25) is 5.95 Å². The monoisotopic (exact) mass is 380 g/mol. The van der Waals surface area contributed by atoms with Crippen LogP contribution < -0.4 is 10.2 Å². The van der Waals surface area contributed by atoms with E-state index in [2.05, 4.69) is 15.3 Å². The van der Waals surface area contributed by atoms with Crippen molar-refractivity contribution in [1.29, 1.82) is 0 Å². The first-order valence-corrected chi connectivity index (χ1v) is 11.3. The fourth-order valence-corrected chi connectivity index (χ4v) is 5.62. The van der Waals surface area contributed by atoms with Crippen molar-refractivity contribution in [3.8, 4) is 0 Å². The van der Waals surface area contributed by atoms with Gasteiger partial charge in [-0.05, 0) is 39.2 Å². The summed E-state index contributed by atoms with van der Waals surface area (Å²) in [6.07, 6.45) is 6.15. The predicted molar refractivity (Wildman–Crippen MR) is 101 cm³/mol. The van der Waals surface area contributed by atoms with Crippen LogP contribution in [0.25, 0.3) is 0 Å². The molecule has 1 aliphatic carbocycles. The summed E-state index contributed by atoms with van der Waals surface area (Å²) < 4.78 is 23.6. The summed E-state index contributed by atoms with van der Waals surface area (Å²) >= 11 is 0. The number of hydrogen-bond donors (Lipinski definition) is 1. The fraction of sp³-hybridized carbons (Fsp3) is 0.722. The van der Waals surface area contributed by atoms with Crippen LogP contribution in [0.4, 0.5) is 5.95 Å². The number of aromatic nitrogens is 2. The molecular weight excluding hydrogens is 352 g/mol. The second-order valence-corrected chi connectivity index (χ2v) is 9.57. The molecule has 144 valence electrons. The van der Waals surface area contributed by atoms with Crippen LogP contribution in [0, 0.1) is 6.92 Å². The summed E-state index contributed by atoms with van der Waals surface area (Å²) in [5, 5.41) is 3.09. The van der Waals surface area contributed by atoms with Gasteiger partial charge in [-0.1, -0.05) is 19.3 Å². The second-order valence-electron chi connectivity index (χ2n) is 7.35. The quantitative estimate of drug-likeness (QED) is 0.838. The van der Waals surface area contributed by atoms with Gasteiger partial charge in [-0.25, -0.2) is 18.4 Å². The Bertz CT molecular complexity index is 760. The van der Waals surface area contributed by atoms with Gasteiger partial charge in [0.15, 0.2) is 9.84 Å². The first-order chi connectivity index (χ1) is 12.4. The van der Waals surface area contributed by atoms with E-state index in [1.54, 1.807) is 6.07 Å². The maximum absolute atomic E-state index is 12.6. The maximum atomic E-state index is 12.6. The number of anilines is 1. The van der Waals surface area contributed by atoms with Crippen molar-refractivity contribution in [2.24, 2.45) is 0 Å². The van der Waals surface area contributed by atoms with Crippen LogP contribution in [0.3, 0.4) is 0 Å². The van der Waals surface area contributed by atoms with E-state index in [1.807, 2.05) is 18.7 Å². The Kier molecular flexibility index (Phi) is 5.79. The van der Waals surface area contributed by atoms with Crippen LogP contribution in [0.2, 0.25) is 0 Å². The summed E-state index contributed by atoms with van der Waals surface area (Å²) in [6.45, 7) is 4.40. The Balaban J connectivity index is 1.78. The van der Waals surface area contributed by atoms with Crippen LogP contribution in [-0.4, -0.2) is 54.4 Å². The molecule has 2 aliphatic rings. The molecule has 1 aromatic heterocycles. The normalized spacial score (nSPS) is 22.9. The van der Waals surface area contributed by atoms with Crippen LogP contribution in [0.5, 0.6) is 0 Å². The first kappa shape index (κ1) is 19.1. The molecule has 0 bridgehead atoms. The Morgan fingerprint density at radius 2 is 1.96 bits per heavy atom. The van der Waals surface area contributed by atoms with Gasteiger partial charge in [0.05, 0.1) is 11.5 Å². The van der Waals surface area contributed by atoms with Gasteiger partial charge >= 0.3 is 0 Å². The Morgan fingerprint density at radius 1 is 1.23 bits per heavy atom. The highest BCUT2D eigenvalue weighted by atomic mass is 32.2. The highest BCUT2D eigenvalue weighted by Crippen LogP contribution is 2.22. The predicted octanol–water partition coefficient (Wildman–Crippen LogP) is 1.86. The number of nitrogens with zero attached hydrogens (tertiary/aromatic N) is 3. The van der Waals surface area contributed by atoms with Gasteiger partial charge in [-0.3, -0.25) is 4.79 Å². The summed E-state index contributed by atoms with van der Waals surface area (Å²) in [5.41, 5.74) is 1.07. The zero-order valence-corrected chi connectivity index (χ0v) is 16.4. The first-order valence-electron chi connectivity index (χ1n) is 9.51. The number of rotatable bonds is 5. The molecule has 0 spiro atoms. The molecule has 26 heavy (non-hydrogen) atoms. The van der Waals surface area contributed by atoms with Gasteiger partial charge in [-0.15, -0.1) is 0 Å². The minimum absolute atomic E-state index is 0.124. The summed E-state index contributed by atoms with van der Waals surface area (Å²) in [4.78, 5) is 23.5. The lowest BCUT2D eigenvalue weighted by atomic mass is 9.95. The summed E-state index contributed by atoms with van der Waals surface area (Å²) in [7, 11) is -2.99. The number of carbonyl (C=O) groups excluding carboxylic acids is 1. The van der Waals surface area contributed by atoms with Crippen molar-refractivity contribution in [1.82, 2.24) is 15.3 Å². The SMILES string of the molecule is CCN(c1nc(C)cc(C(=O)NC2CCCCC2)n1)C1CCS(=O)(=O)C1. The van der Waals surface area contributed by atoms with Crippen LogP contribution in [-0.2, 0) is 9.84 Å². The molecule has 1 atom stereocenters. The van der Waals surface area contributed by atoms with E-state index >= 15 is 0 Å². The summed E-state index contributed by atoms with van der Waals surface area (Å²) in [5.74, 6) is 0.610. The molecule has 7 nitrogen and oxygen atoms in total. The van der Waals surface area contributed by atoms with Crippen LogP contribution in [0.15, 0.2) is 6.07 Å². The highest BCUT2D eigenvalue weighted by molar-refractivity contribution is 7.91. The Morgan fingerprint density at radius 3 is 2.58 bits per heavy atom. The zero-order valence-electron chi connectivity index (χ0n) is 15.6. The van der Waals surface area contributed by atoms with E-state index in [-0.39, 0.29) is 29.5 Å². The van der Waals surface area contributed by atoms with Crippen molar-refractivity contribution < 1.29 is 13.2 Å². The molecule has 1 saturated carbocycles. The molecule has 2 fully saturated rings. The van der Waals surface area contributed by atoms with E-state index in [0.717, 1.165) is 25.7 Å². The van der Waals surface area contributed by atoms with Crippen molar-refractivity contribution >= 4 is 21.7 Å². The minimum Gasteiger partial charge on any atom is -0.348 e. The smallest absolute Gasteiger partial charge is 0.270 e. The van der Waals surface area contributed by atoms with E-state index in [9.17, 15) is 13.2 Å². The lowest BCUT2D eigenvalue weighted by Crippen LogP contribution is -2.39. The lowest BCUT2D eigenvalue weighted by molar-refractivity contribution is 0.0922. The molecule has 1 amide bonds. The van der Waals surface area contributed by atoms with Gasteiger partial charge in [0, 0.05) is 24.3 Å². The number of carbonyl (C=O) groups is 1. The number of nitrogens with one attached hydrogen (secondary N) is 1. The van der Waals surface area contributed by atoms with Crippen molar-refractivity contribution in [2.45, 2.75) is 64.5 Å². The average molecular weight is 381 g/mol. The third-order valence-electron chi connectivity index (χ3n) is 5.26. The molecule has 3 rings (SSSR count). The second kappa shape index (κ2) is 7.90. The van der Waals surface area contributed by atoms with Crippen LogP contribution >= 0.6 is 0 Å². The third-order valence-corrected chi connectivity index (χ3v) is 7.01. The van der Waals surface area contributed by atoms with Gasteiger partial charge in [-0.2, -0.15) is 0 Å². The molecule has 1 saturated heterocycles. The Hall–Kier alpha value is -1.70. The third kappa shape index (κ3) is 4.52. The Labute approximate surface area is 155 Å². The minimum atomic E-state index is -2.99. The fourth-order valence-electron chi connectivity index (χ4n) is 3.89. The molecular formula is C18H28N4O3S. The van der Waals surface area contributed by atoms with E-state index in [4.69, 9.17) is 0 Å². The average Bonchev–Trinajstić information content (AvgIpc) is 2.95. The number of aryl methyl sites for hydroxylation is 1. The van der Waals surface area contributed by atoms with Gasteiger partial charge < -0.3 is 10.2 Å². The molecule has 1 aromatic rings. The number of hydrogen-bond acceptors (Lipinski definition) is 6. The number of sulfone groups is 1. The molecule has 1 unspecified atom stereocenters. The maximum Gasteiger partial charge on any atom is 0.270 e. The van der Waals surface area contributed by atoms with Gasteiger partial charge in [0.1, 0.15) is 5.69 Å². The van der Waals surface area contributed by atoms with Crippen LogP contribution in [0.1, 0.15) is 61.6 Å². The van der Waals surface area contributed by atoms with E-state index in [1.165, 1.54) is 6.42 Å². The molecule has 1 N–H and O–H groups in total. The molecule has 1 aliphatic heterocycles. The van der Waals surface area contributed by atoms with E-state index < -0.39 is 9.84 Å². The molecule has 8 heteroatoms. The molecule has 0 aromatic carbocycles. The van der Waals surface area contributed by atoms with Crippen molar-refractivity contribution in [3.05, 3.63) is 17.5 Å². The molecule has 0 radical (unpaired) electrons. The standard InChI is InChI=1S/C18H28N4O3S/c1-3-22(15-9-10-26(24,25)12-15)18-19-13(2)11-16(21-18)17(23)20-14-7-5-4-6-8-14/h11,14-15H,3-10,12H2,1-2H3,(H,20,23). The lowest BCUT2D eigenvalue weighted by Gasteiger charge is -2.27.